The average molecular weight is 191 g/mol. The number of ether oxygens (including phenoxy) is 1. The minimum Gasteiger partial charge on any atom is -0.467 e. The van der Waals surface area contributed by atoms with Crippen molar-refractivity contribution in [1.29, 1.82) is 0 Å². The molecule has 0 spiro atoms. The normalized spacial score (nSPS) is 11.5. The number of benzene rings is 1. The first kappa shape index (κ1) is 10.2. The second kappa shape index (κ2) is 4.40. The average Bonchev–Trinajstić information content (AvgIpc) is 2.27. The highest BCUT2D eigenvalue weighted by Crippen LogP contribution is 2.18. The molecule has 0 aromatic heterocycles. The minimum atomic E-state index is -1.28. The third-order valence-corrected chi connectivity index (χ3v) is 1.76. The second-order valence-corrected chi connectivity index (χ2v) is 2.63. The van der Waals surface area contributed by atoms with E-state index < -0.39 is 12.1 Å². The fourth-order valence-corrected chi connectivity index (χ4v) is 0.979. The summed E-state index contributed by atoms with van der Waals surface area (Å²) in [7, 11) is 1.21. The van der Waals surface area contributed by atoms with Gasteiger partial charge in [0, 0.05) is 0 Å². The molecule has 72 valence electrons. The Bertz CT molecular complexity index is 364. The highest BCUT2D eigenvalue weighted by atomic mass is 16.5. The molecule has 1 aromatic rings. The van der Waals surface area contributed by atoms with Crippen LogP contribution >= 0.6 is 0 Å². The molecule has 1 atom stereocenters. The molecule has 0 aliphatic heterocycles. The lowest BCUT2D eigenvalue weighted by molar-refractivity contribution is -0.150. The van der Waals surface area contributed by atoms with Gasteiger partial charge in [0.1, 0.15) is 0 Å². The molecule has 1 rings (SSSR count). The van der Waals surface area contributed by atoms with Crippen LogP contribution in [0.3, 0.4) is 0 Å². The quantitative estimate of drug-likeness (QED) is 0.568. The summed E-state index contributed by atoms with van der Waals surface area (Å²) in [5, 5.41) is 9.40. The molecule has 4 nitrogen and oxygen atoms in total. The van der Waals surface area contributed by atoms with Crippen molar-refractivity contribution in [2.45, 2.75) is 6.10 Å². The van der Waals surface area contributed by atoms with Crippen molar-refractivity contribution in [3.05, 3.63) is 41.2 Å². The fraction of sp³-hybridized carbons (Fsp3) is 0.200. The highest BCUT2D eigenvalue weighted by Gasteiger charge is 2.16. The molecule has 0 aliphatic carbocycles. The van der Waals surface area contributed by atoms with E-state index in [1.807, 2.05) is 0 Å². The van der Waals surface area contributed by atoms with Gasteiger partial charge in [-0.25, -0.2) is 9.64 Å². The lowest BCUT2D eigenvalue weighted by Crippen LogP contribution is -2.13. The Labute approximate surface area is 81.6 Å². The highest BCUT2D eigenvalue weighted by molar-refractivity contribution is 5.76. The van der Waals surface area contributed by atoms with Crippen LogP contribution in [0.4, 0.5) is 5.69 Å². The van der Waals surface area contributed by atoms with E-state index in [0.717, 1.165) is 0 Å². The molecule has 0 bridgehead atoms. The Morgan fingerprint density at radius 2 is 2.07 bits per heavy atom. The van der Waals surface area contributed by atoms with Gasteiger partial charge in [-0.1, -0.05) is 24.3 Å². The number of nitrogens with zero attached hydrogens (tertiary/aromatic N) is 1. The molecule has 0 aliphatic rings. The van der Waals surface area contributed by atoms with E-state index in [1.54, 1.807) is 0 Å². The van der Waals surface area contributed by atoms with Crippen LogP contribution in [-0.2, 0) is 9.53 Å². The molecule has 0 radical (unpaired) electrons. The summed E-state index contributed by atoms with van der Waals surface area (Å²) in [6.07, 6.45) is -1.28. The van der Waals surface area contributed by atoms with E-state index in [4.69, 9.17) is 6.57 Å². The van der Waals surface area contributed by atoms with Gasteiger partial charge in [-0.3, -0.25) is 0 Å². The van der Waals surface area contributed by atoms with Crippen LogP contribution in [-0.4, -0.2) is 18.2 Å². The molecule has 1 N–H and O–H groups in total. The van der Waals surface area contributed by atoms with Crippen molar-refractivity contribution < 1.29 is 14.6 Å². The van der Waals surface area contributed by atoms with E-state index in [0.29, 0.717) is 11.3 Å². The van der Waals surface area contributed by atoms with E-state index >= 15 is 0 Å². The number of carbonyl (C=O) groups is 1. The monoisotopic (exact) mass is 191 g/mol. The maximum atomic E-state index is 10.9. The molecule has 14 heavy (non-hydrogen) atoms. The number of aliphatic hydroxyl groups excluding tert-OH is 1. The summed E-state index contributed by atoms with van der Waals surface area (Å²) in [6, 6.07) is 6.12. The number of methoxy groups -OCH3 is 1. The van der Waals surface area contributed by atoms with Crippen molar-refractivity contribution in [2.75, 3.05) is 7.11 Å². The zero-order valence-electron chi connectivity index (χ0n) is 7.60. The first-order valence-corrected chi connectivity index (χ1v) is 3.92. The van der Waals surface area contributed by atoms with E-state index in [2.05, 4.69) is 9.58 Å². The SMILES string of the molecule is [C-]#[N+]c1ccc(C(O)C(=O)OC)cc1. The van der Waals surface area contributed by atoms with Gasteiger partial charge < -0.3 is 9.84 Å². The molecule has 0 amide bonds. The van der Waals surface area contributed by atoms with Crippen LogP contribution in [0.2, 0.25) is 0 Å². The van der Waals surface area contributed by atoms with E-state index in [9.17, 15) is 9.90 Å². The number of hydrogen-bond donors (Lipinski definition) is 1. The van der Waals surface area contributed by atoms with Crippen LogP contribution in [0.5, 0.6) is 0 Å². The van der Waals surface area contributed by atoms with Gasteiger partial charge in [-0.05, 0) is 5.56 Å². The Kier molecular flexibility index (Phi) is 3.21. The van der Waals surface area contributed by atoms with Crippen molar-refractivity contribution in [1.82, 2.24) is 0 Å². The molecule has 0 saturated heterocycles. The summed E-state index contributed by atoms with van der Waals surface area (Å²) < 4.78 is 4.37. The van der Waals surface area contributed by atoms with Crippen LogP contribution in [0, 0.1) is 6.57 Å². The molecule has 1 unspecified atom stereocenters. The maximum absolute atomic E-state index is 10.9. The van der Waals surface area contributed by atoms with Gasteiger partial charge in [-0.2, -0.15) is 0 Å². The van der Waals surface area contributed by atoms with Gasteiger partial charge in [0.2, 0.25) is 0 Å². The van der Waals surface area contributed by atoms with Crippen molar-refractivity contribution >= 4 is 11.7 Å². The largest absolute Gasteiger partial charge is 0.467 e. The summed E-state index contributed by atoms with van der Waals surface area (Å²) in [6.45, 7) is 6.71. The number of rotatable bonds is 2. The summed E-state index contributed by atoms with van der Waals surface area (Å²) >= 11 is 0. The number of hydrogen-bond acceptors (Lipinski definition) is 3. The van der Waals surface area contributed by atoms with Crippen molar-refractivity contribution in [3.8, 4) is 0 Å². The van der Waals surface area contributed by atoms with Crippen molar-refractivity contribution in [3.63, 3.8) is 0 Å². The van der Waals surface area contributed by atoms with Gasteiger partial charge >= 0.3 is 5.97 Å². The summed E-state index contributed by atoms with van der Waals surface area (Å²) in [5.74, 6) is -0.708. The molecular weight excluding hydrogens is 182 g/mol. The minimum absolute atomic E-state index is 0.421. The Hall–Kier alpha value is -1.86. The lowest BCUT2D eigenvalue weighted by atomic mass is 10.1. The number of aliphatic hydroxyl groups is 1. The zero-order chi connectivity index (χ0) is 10.6. The maximum Gasteiger partial charge on any atom is 0.339 e. The standard InChI is InChI=1S/C10H9NO3/c1-11-8-5-3-7(4-6-8)9(12)10(13)14-2/h3-6,9,12H,2H3. The van der Waals surface area contributed by atoms with Crippen LogP contribution in [0.25, 0.3) is 4.85 Å². The van der Waals surface area contributed by atoms with Gasteiger partial charge in [0.05, 0.1) is 13.7 Å². The van der Waals surface area contributed by atoms with Crippen LogP contribution in [0.15, 0.2) is 24.3 Å². The second-order valence-electron chi connectivity index (χ2n) is 2.63. The van der Waals surface area contributed by atoms with E-state index in [-0.39, 0.29) is 0 Å². The molecule has 1 aromatic carbocycles. The summed E-state index contributed by atoms with van der Waals surface area (Å²) in [4.78, 5) is 14.1. The Morgan fingerprint density at radius 1 is 1.50 bits per heavy atom. The first-order chi connectivity index (χ1) is 6.69. The fourth-order valence-electron chi connectivity index (χ4n) is 0.979. The molecule has 0 heterocycles. The summed E-state index contributed by atoms with van der Waals surface area (Å²) in [5.41, 5.74) is 0.884. The zero-order valence-corrected chi connectivity index (χ0v) is 7.60. The van der Waals surface area contributed by atoms with Gasteiger partial charge in [-0.15, -0.1) is 0 Å². The molecular formula is C10H9NO3. The first-order valence-electron chi connectivity index (χ1n) is 3.92. The van der Waals surface area contributed by atoms with Crippen LogP contribution < -0.4 is 0 Å². The smallest absolute Gasteiger partial charge is 0.339 e. The molecule has 0 saturated carbocycles. The number of carbonyl (C=O) groups excluding carboxylic acids is 1. The number of esters is 1. The Morgan fingerprint density at radius 3 is 2.50 bits per heavy atom. The van der Waals surface area contributed by atoms with E-state index in [1.165, 1.54) is 31.4 Å². The lowest BCUT2D eigenvalue weighted by Gasteiger charge is -2.07. The molecule has 0 fully saturated rings. The third kappa shape index (κ3) is 2.09. The Balaban J connectivity index is 2.88. The predicted molar refractivity (Wildman–Crippen MR) is 49.7 cm³/mol. The van der Waals surface area contributed by atoms with Crippen molar-refractivity contribution in [2.24, 2.45) is 0 Å². The van der Waals surface area contributed by atoms with Gasteiger partial charge in [0.25, 0.3) is 0 Å². The van der Waals surface area contributed by atoms with Crippen LogP contribution in [0.1, 0.15) is 11.7 Å². The topological polar surface area (TPSA) is 50.9 Å². The third-order valence-electron chi connectivity index (χ3n) is 1.76. The predicted octanol–water partition coefficient (Wildman–Crippen LogP) is 1.44. The molecule has 4 heteroatoms. The van der Waals surface area contributed by atoms with Gasteiger partial charge in [0.15, 0.2) is 11.8 Å².